The van der Waals surface area contributed by atoms with E-state index >= 15 is 0 Å². The van der Waals surface area contributed by atoms with E-state index in [0.717, 1.165) is 5.69 Å². The second-order valence-corrected chi connectivity index (χ2v) is 17.8. The number of benzene rings is 4. The standard InChI is InChI=1S/C55H56N12O8/c1-33(74-6)45(68)30-66-43-22-9-7-18-39(43)47(41-20-11-13-24-58-41)62-49(51(66)70)65-54(73)61-38-27-34(26-37(29-38)57-5)32-75-55(2,3)46(69)31-67-44-23-10-8-19-40(44)48(42-21-12-14-25-59-42)63-50(52(67)71)64-53(72)60-36-17-15-16-35(28-36)56-4/h7-29,33,49-50,56-57H,30-32H2,1-6H3,(H2,60,64,72)(H2,61,65,73). The highest BCUT2D eigenvalue weighted by Crippen LogP contribution is 2.31. The van der Waals surface area contributed by atoms with Crippen molar-refractivity contribution in [3.8, 4) is 0 Å². The number of aliphatic imine (C=N–C) groups is 2. The first-order valence-corrected chi connectivity index (χ1v) is 23.9. The molecule has 0 saturated heterocycles. The summed E-state index contributed by atoms with van der Waals surface area (Å²) in [5.41, 5.74) is 4.50. The number of pyridine rings is 2. The summed E-state index contributed by atoms with van der Waals surface area (Å²) in [7, 11) is 4.85. The zero-order chi connectivity index (χ0) is 53.2. The van der Waals surface area contributed by atoms with E-state index < -0.39 is 60.2 Å². The monoisotopic (exact) mass is 1010 g/mol. The van der Waals surface area contributed by atoms with Gasteiger partial charge in [-0.1, -0.05) is 54.6 Å². The van der Waals surface area contributed by atoms with E-state index in [0.29, 0.717) is 67.9 Å². The van der Waals surface area contributed by atoms with Crippen molar-refractivity contribution in [1.29, 1.82) is 0 Å². The molecule has 3 unspecified atom stereocenters. The quantitative estimate of drug-likeness (QED) is 0.0548. The van der Waals surface area contributed by atoms with Crippen LogP contribution >= 0.6 is 0 Å². The number of carbonyl (C=O) groups excluding carboxylic acids is 6. The number of benzodiazepines with no additional fused rings is 2. The number of nitrogens with one attached hydrogen (secondary N) is 6. The Hall–Kier alpha value is -9.14. The van der Waals surface area contributed by atoms with Gasteiger partial charge in [-0.05, 0) is 99.1 Å². The Bertz CT molecular complexity index is 3190. The topological polar surface area (TPSA) is 250 Å². The van der Waals surface area contributed by atoms with Crippen LogP contribution in [0.1, 0.15) is 48.8 Å². The normalized spacial score (nSPS) is 15.7. The Morgan fingerprint density at radius 2 is 1.11 bits per heavy atom. The van der Waals surface area contributed by atoms with Gasteiger partial charge in [-0.25, -0.2) is 19.6 Å². The molecule has 2 aromatic heterocycles. The van der Waals surface area contributed by atoms with Crippen LogP contribution in [0.3, 0.4) is 0 Å². The number of anilines is 6. The summed E-state index contributed by atoms with van der Waals surface area (Å²) in [6.07, 6.45) is -0.607. The number of aromatic nitrogens is 2. The lowest BCUT2D eigenvalue weighted by molar-refractivity contribution is -0.141. The van der Waals surface area contributed by atoms with E-state index in [9.17, 15) is 28.8 Å². The number of para-hydroxylation sites is 2. The molecule has 0 radical (unpaired) electrons. The minimum absolute atomic E-state index is 0.124. The Morgan fingerprint density at radius 1 is 0.613 bits per heavy atom. The molecule has 4 aromatic carbocycles. The van der Waals surface area contributed by atoms with Gasteiger partial charge in [0.25, 0.3) is 11.8 Å². The molecule has 0 fully saturated rings. The Morgan fingerprint density at radius 3 is 1.64 bits per heavy atom. The number of fused-ring (bicyclic) bond motifs is 2. The molecule has 6 aromatic rings. The minimum Gasteiger partial charge on any atom is -0.388 e. The van der Waals surface area contributed by atoms with E-state index in [1.165, 1.54) is 16.9 Å². The Kier molecular flexibility index (Phi) is 16.1. The highest BCUT2D eigenvalue weighted by Gasteiger charge is 2.39. The van der Waals surface area contributed by atoms with Gasteiger partial charge in [0.15, 0.2) is 11.6 Å². The van der Waals surface area contributed by atoms with E-state index in [1.54, 1.807) is 169 Å². The van der Waals surface area contributed by atoms with Crippen molar-refractivity contribution in [2.45, 2.75) is 51.4 Å². The highest BCUT2D eigenvalue weighted by atomic mass is 16.5. The minimum atomic E-state index is -1.50. The molecule has 2 aliphatic heterocycles. The number of amides is 6. The number of carbonyl (C=O) groups is 6. The number of ether oxygens (including phenoxy) is 2. The van der Waals surface area contributed by atoms with Crippen LogP contribution in [-0.4, -0.2) is 115 Å². The number of ketones is 2. The van der Waals surface area contributed by atoms with Crippen LogP contribution in [0.5, 0.6) is 0 Å². The molecule has 4 heterocycles. The summed E-state index contributed by atoms with van der Waals surface area (Å²) in [6, 6.07) is 35.1. The number of nitrogens with zero attached hydrogens (tertiary/aromatic N) is 6. The number of hydrogen-bond donors (Lipinski definition) is 6. The van der Waals surface area contributed by atoms with Gasteiger partial charge in [0, 0.05) is 67.5 Å². The van der Waals surface area contributed by atoms with Crippen LogP contribution in [-0.2, 0) is 35.3 Å². The predicted octanol–water partition coefficient (Wildman–Crippen LogP) is 6.39. The first kappa shape index (κ1) is 52.2. The van der Waals surface area contributed by atoms with Gasteiger partial charge in [0.1, 0.15) is 11.7 Å². The number of rotatable bonds is 18. The lowest BCUT2D eigenvalue weighted by Crippen LogP contribution is -2.52. The van der Waals surface area contributed by atoms with Crippen molar-refractivity contribution >= 4 is 81.0 Å². The van der Waals surface area contributed by atoms with Crippen molar-refractivity contribution in [2.75, 3.05) is 65.4 Å². The molecule has 0 aliphatic carbocycles. The first-order chi connectivity index (χ1) is 36.2. The van der Waals surface area contributed by atoms with Gasteiger partial charge in [0.2, 0.25) is 12.3 Å². The van der Waals surface area contributed by atoms with Crippen LogP contribution in [0.4, 0.5) is 43.7 Å². The zero-order valence-corrected chi connectivity index (χ0v) is 42.1. The Balaban J connectivity index is 1.00. The summed E-state index contributed by atoms with van der Waals surface area (Å²) in [5, 5.41) is 17.0. The number of urea groups is 2. The highest BCUT2D eigenvalue weighted by molar-refractivity contribution is 6.21. The van der Waals surface area contributed by atoms with Crippen molar-refractivity contribution < 1.29 is 38.2 Å². The molecule has 6 amide bonds. The molecule has 75 heavy (non-hydrogen) atoms. The average Bonchev–Trinajstić information content (AvgIpc) is 3.61. The van der Waals surface area contributed by atoms with Crippen molar-refractivity contribution in [3.05, 3.63) is 168 Å². The fraction of sp³-hybridized carbons (Fsp3) is 0.236. The number of methoxy groups -OCH3 is 1. The summed E-state index contributed by atoms with van der Waals surface area (Å²) in [4.78, 5) is 105. The molecular formula is C55H56N12O8. The maximum atomic E-state index is 14.7. The molecule has 2 aliphatic rings. The summed E-state index contributed by atoms with van der Waals surface area (Å²) < 4.78 is 11.6. The van der Waals surface area contributed by atoms with Crippen molar-refractivity contribution in [3.63, 3.8) is 0 Å². The van der Waals surface area contributed by atoms with Crippen LogP contribution in [0.15, 0.2) is 150 Å². The van der Waals surface area contributed by atoms with Gasteiger partial charge in [-0.3, -0.25) is 29.1 Å². The fourth-order valence-electron chi connectivity index (χ4n) is 8.21. The van der Waals surface area contributed by atoms with E-state index in [-0.39, 0.29) is 18.9 Å². The van der Waals surface area contributed by atoms with Gasteiger partial charge in [0.05, 0.1) is 53.9 Å². The Labute approximate surface area is 433 Å². The van der Waals surface area contributed by atoms with Crippen LogP contribution in [0, 0.1) is 0 Å². The van der Waals surface area contributed by atoms with E-state index in [4.69, 9.17) is 19.5 Å². The van der Waals surface area contributed by atoms with E-state index in [1.807, 2.05) is 6.07 Å². The second kappa shape index (κ2) is 23.2. The van der Waals surface area contributed by atoms with Gasteiger partial charge in [-0.15, -0.1) is 0 Å². The van der Waals surface area contributed by atoms with Crippen LogP contribution < -0.4 is 41.7 Å². The maximum absolute atomic E-state index is 14.7. The maximum Gasteiger partial charge on any atom is 0.321 e. The zero-order valence-electron chi connectivity index (χ0n) is 42.1. The van der Waals surface area contributed by atoms with Crippen molar-refractivity contribution in [1.82, 2.24) is 20.6 Å². The largest absolute Gasteiger partial charge is 0.388 e. The third kappa shape index (κ3) is 12.2. The second-order valence-electron chi connectivity index (χ2n) is 17.8. The third-order valence-corrected chi connectivity index (χ3v) is 12.4. The molecular weight excluding hydrogens is 957 g/mol. The molecule has 0 bridgehead atoms. The molecule has 20 heteroatoms. The van der Waals surface area contributed by atoms with Crippen LogP contribution in [0.25, 0.3) is 0 Å². The van der Waals surface area contributed by atoms with E-state index in [2.05, 4.69) is 41.9 Å². The summed E-state index contributed by atoms with van der Waals surface area (Å²) >= 11 is 0. The molecule has 0 spiro atoms. The molecule has 384 valence electrons. The molecule has 8 rings (SSSR count). The molecule has 20 nitrogen and oxygen atoms in total. The molecule has 3 atom stereocenters. The van der Waals surface area contributed by atoms with Gasteiger partial charge >= 0.3 is 12.1 Å². The smallest absolute Gasteiger partial charge is 0.321 e. The molecule has 6 N–H and O–H groups in total. The lowest BCUT2D eigenvalue weighted by Gasteiger charge is -2.30. The van der Waals surface area contributed by atoms with Crippen LogP contribution in [0.2, 0.25) is 0 Å². The van der Waals surface area contributed by atoms with Crippen molar-refractivity contribution in [2.24, 2.45) is 9.98 Å². The third-order valence-electron chi connectivity index (χ3n) is 12.4. The summed E-state index contributed by atoms with van der Waals surface area (Å²) in [6.45, 7) is 3.82. The SMILES string of the molecule is CNc1cc(COC(C)(C)C(=O)CN2C(=O)C(NC(=O)Nc3cccc(NC)c3)N=C(c3ccccn3)c3ccccc32)cc(NC(=O)NC2N=C(c3ccccn3)c3ccccc3N(CC(=O)C(C)OC)C2=O)c1. The van der Waals surface area contributed by atoms with Gasteiger partial charge in [-0.2, -0.15) is 0 Å². The predicted molar refractivity (Wildman–Crippen MR) is 287 cm³/mol. The first-order valence-electron chi connectivity index (χ1n) is 23.9. The number of Topliss-reactive ketones (excluding diaryl/α,β-unsaturated/α-hetero) is 2. The average molecular weight is 1010 g/mol. The number of hydrogen-bond acceptors (Lipinski definition) is 14. The molecule has 0 saturated carbocycles. The van der Waals surface area contributed by atoms with Gasteiger partial charge < -0.3 is 51.2 Å². The fourth-order valence-corrected chi connectivity index (χ4v) is 8.21. The lowest BCUT2D eigenvalue weighted by atomic mass is 10.0. The summed E-state index contributed by atoms with van der Waals surface area (Å²) in [5.74, 6) is -2.19.